The van der Waals surface area contributed by atoms with Crippen molar-refractivity contribution in [2.45, 2.75) is 6.61 Å². The van der Waals surface area contributed by atoms with Crippen molar-refractivity contribution in [3.05, 3.63) is 32.8 Å². The first-order chi connectivity index (χ1) is 7.47. The molecule has 0 aliphatic heterocycles. The van der Waals surface area contributed by atoms with Gasteiger partial charge in [-0.2, -0.15) is 8.78 Å². The van der Waals surface area contributed by atoms with E-state index in [0.717, 1.165) is 12.1 Å². The number of aldehydes is 1. The summed E-state index contributed by atoms with van der Waals surface area (Å²) in [5.74, 6) is -0.694. The maximum absolute atomic E-state index is 12.0. The highest BCUT2D eigenvalue weighted by atomic mass is 35.5. The minimum Gasteiger partial charge on any atom is -0.432 e. The van der Waals surface area contributed by atoms with Gasteiger partial charge < -0.3 is 4.74 Å². The fourth-order valence-electron chi connectivity index (χ4n) is 1.04. The molecule has 0 saturated heterocycles. The summed E-state index contributed by atoms with van der Waals surface area (Å²) in [4.78, 5) is 20.2. The third kappa shape index (κ3) is 2.43. The lowest BCUT2D eigenvalue weighted by atomic mass is 10.2. The Morgan fingerprint density at radius 3 is 2.56 bits per heavy atom. The van der Waals surface area contributed by atoms with Gasteiger partial charge >= 0.3 is 6.61 Å². The van der Waals surface area contributed by atoms with E-state index in [9.17, 15) is 23.7 Å². The summed E-state index contributed by atoms with van der Waals surface area (Å²) >= 11 is 5.49. The van der Waals surface area contributed by atoms with E-state index < -0.39 is 28.5 Å². The van der Waals surface area contributed by atoms with Crippen LogP contribution in [0.5, 0.6) is 5.75 Å². The monoisotopic (exact) mass is 251 g/mol. The first kappa shape index (κ1) is 12.3. The Morgan fingerprint density at radius 1 is 1.50 bits per heavy atom. The van der Waals surface area contributed by atoms with Gasteiger partial charge in [-0.15, -0.1) is 0 Å². The molecular weight excluding hydrogens is 248 g/mol. The van der Waals surface area contributed by atoms with Gasteiger partial charge in [-0.05, 0) is 6.07 Å². The molecule has 0 aromatic heterocycles. The summed E-state index contributed by atoms with van der Waals surface area (Å²) in [6.45, 7) is -3.22. The standard InChI is InChI=1S/C8H4ClF2NO4/c9-5-1-2-6(12(14)15)4(3-13)7(5)16-8(10)11/h1-3,8H. The van der Waals surface area contributed by atoms with Gasteiger partial charge in [-0.1, -0.05) is 11.6 Å². The maximum atomic E-state index is 12.0. The molecule has 0 spiro atoms. The summed E-state index contributed by atoms with van der Waals surface area (Å²) in [6, 6.07) is 1.94. The number of alkyl halides is 2. The number of benzene rings is 1. The van der Waals surface area contributed by atoms with Crippen molar-refractivity contribution in [3.63, 3.8) is 0 Å². The van der Waals surface area contributed by atoms with Crippen LogP contribution >= 0.6 is 11.6 Å². The van der Waals surface area contributed by atoms with Crippen LogP contribution < -0.4 is 4.74 Å². The minimum absolute atomic E-state index is 0.0434. The smallest absolute Gasteiger partial charge is 0.387 e. The van der Waals surface area contributed by atoms with Crippen LogP contribution in [0.25, 0.3) is 0 Å². The van der Waals surface area contributed by atoms with Gasteiger partial charge in [0.1, 0.15) is 5.56 Å². The molecule has 1 rings (SSSR count). The Balaban J connectivity index is 3.38. The number of nitro benzene ring substituents is 1. The van der Waals surface area contributed by atoms with Gasteiger partial charge in [-0.25, -0.2) is 0 Å². The van der Waals surface area contributed by atoms with Crippen molar-refractivity contribution in [1.82, 2.24) is 0 Å². The number of hydrogen-bond donors (Lipinski definition) is 0. The van der Waals surface area contributed by atoms with Crippen LogP contribution in [0.15, 0.2) is 12.1 Å². The van der Waals surface area contributed by atoms with E-state index in [1.54, 1.807) is 0 Å². The van der Waals surface area contributed by atoms with Gasteiger partial charge in [0, 0.05) is 6.07 Å². The predicted molar refractivity (Wildman–Crippen MR) is 50.1 cm³/mol. The average Bonchev–Trinajstić information content (AvgIpc) is 2.19. The topological polar surface area (TPSA) is 69.4 Å². The predicted octanol–water partition coefficient (Wildman–Crippen LogP) is 2.66. The van der Waals surface area contributed by atoms with Crippen molar-refractivity contribution in [2.24, 2.45) is 0 Å². The lowest BCUT2D eigenvalue weighted by Gasteiger charge is -2.08. The maximum Gasteiger partial charge on any atom is 0.387 e. The molecule has 16 heavy (non-hydrogen) atoms. The molecule has 0 bridgehead atoms. The average molecular weight is 252 g/mol. The highest BCUT2D eigenvalue weighted by Gasteiger charge is 2.23. The molecule has 1 aromatic rings. The number of halogens is 3. The normalized spacial score (nSPS) is 10.2. The lowest BCUT2D eigenvalue weighted by Crippen LogP contribution is -2.06. The number of carbonyl (C=O) groups excluding carboxylic acids is 1. The summed E-state index contributed by atoms with van der Waals surface area (Å²) < 4.78 is 27.9. The number of rotatable bonds is 4. The van der Waals surface area contributed by atoms with Crippen LogP contribution in [0.2, 0.25) is 5.02 Å². The van der Waals surface area contributed by atoms with Gasteiger partial charge in [0.05, 0.1) is 9.95 Å². The van der Waals surface area contributed by atoms with E-state index >= 15 is 0 Å². The van der Waals surface area contributed by atoms with Gasteiger partial charge in [0.15, 0.2) is 12.0 Å². The highest BCUT2D eigenvalue weighted by Crippen LogP contribution is 2.34. The van der Waals surface area contributed by atoms with Crippen LogP contribution in [0.1, 0.15) is 10.4 Å². The molecule has 0 fully saturated rings. The van der Waals surface area contributed by atoms with Crippen molar-refractivity contribution in [3.8, 4) is 5.75 Å². The number of nitro groups is 1. The summed E-state index contributed by atoms with van der Waals surface area (Å²) in [6.07, 6.45) is 0.0434. The Kier molecular flexibility index (Phi) is 3.73. The van der Waals surface area contributed by atoms with E-state index in [-0.39, 0.29) is 11.3 Å². The quantitative estimate of drug-likeness (QED) is 0.469. The third-order valence-electron chi connectivity index (χ3n) is 1.65. The van der Waals surface area contributed by atoms with Crippen molar-refractivity contribution in [1.29, 1.82) is 0 Å². The number of nitrogens with zero attached hydrogens (tertiary/aromatic N) is 1. The summed E-state index contributed by atoms with van der Waals surface area (Å²) in [7, 11) is 0. The number of hydrogen-bond acceptors (Lipinski definition) is 4. The summed E-state index contributed by atoms with van der Waals surface area (Å²) in [5.41, 5.74) is -1.26. The van der Waals surface area contributed by atoms with Crippen LogP contribution in [0.4, 0.5) is 14.5 Å². The van der Waals surface area contributed by atoms with Crippen LogP contribution in [-0.4, -0.2) is 17.8 Å². The van der Waals surface area contributed by atoms with Crippen LogP contribution in [0, 0.1) is 10.1 Å². The first-order valence-corrected chi connectivity index (χ1v) is 4.22. The molecule has 0 atom stereocenters. The SMILES string of the molecule is O=Cc1c([N+](=O)[O-])ccc(Cl)c1OC(F)F. The van der Waals surface area contributed by atoms with E-state index in [1.807, 2.05) is 0 Å². The third-order valence-corrected chi connectivity index (χ3v) is 1.94. The van der Waals surface area contributed by atoms with Gasteiger partial charge in [-0.3, -0.25) is 14.9 Å². The Labute approximate surface area is 92.7 Å². The van der Waals surface area contributed by atoms with Crippen molar-refractivity contribution < 1.29 is 23.2 Å². The Bertz CT molecular complexity index is 438. The zero-order valence-corrected chi connectivity index (χ0v) is 8.28. The van der Waals surface area contributed by atoms with Gasteiger partial charge in [0.25, 0.3) is 5.69 Å². The zero-order valence-electron chi connectivity index (χ0n) is 7.52. The molecule has 0 aliphatic rings. The molecule has 0 amide bonds. The lowest BCUT2D eigenvalue weighted by molar-refractivity contribution is -0.385. The van der Waals surface area contributed by atoms with E-state index in [0.29, 0.717) is 0 Å². The molecule has 0 N–H and O–H groups in total. The second kappa shape index (κ2) is 4.84. The molecule has 5 nitrogen and oxygen atoms in total. The second-order valence-corrected chi connectivity index (χ2v) is 2.97. The van der Waals surface area contributed by atoms with Crippen molar-refractivity contribution in [2.75, 3.05) is 0 Å². The largest absolute Gasteiger partial charge is 0.432 e. The number of ether oxygens (including phenoxy) is 1. The number of carbonyl (C=O) groups is 1. The molecular formula is C8H4ClF2NO4. The van der Waals surface area contributed by atoms with Crippen molar-refractivity contribution >= 4 is 23.6 Å². The molecule has 0 saturated carbocycles. The molecule has 0 aliphatic carbocycles. The molecule has 8 heteroatoms. The van der Waals surface area contributed by atoms with Crippen LogP contribution in [0.3, 0.4) is 0 Å². The van der Waals surface area contributed by atoms with E-state index in [1.165, 1.54) is 0 Å². The fourth-order valence-corrected chi connectivity index (χ4v) is 1.25. The van der Waals surface area contributed by atoms with E-state index in [2.05, 4.69) is 4.74 Å². The second-order valence-electron chi connectivity index (χ2n) is 2.56. The molecule has 0 radical (unpaired) electrons. The Hall–Kier alpha value is -1.76. The first-order valence-electron chi connectivity index (χ1n) is 3.84. The van der Waals surface area contributed by atoms with E-state index in [4.69, 9.17) is 11.6 Å². The van der Waals surface area contributed by atoms with Gasteiger partial charge in [0.2, 0.25) is 0 Å². The molecule has 86 valence electrons. The fraction of sp³-hybridized carbons (Fsp3) is 0.125. The minimum atomic E-state index is -3.22. The zero-order chi connectivity index (χ0) is 12.3. The molecule has 0 heterocycles. The Morgan fingerprint density at radius 2 is 2.12 bits per heavy atom. The molecule has 0 unspecified atom stereocenters. The highest BCUT2D eigenvalue weighted by molar-refractivity contribution is 6.32. The molecule has 1 aromatic carbocycles. The van der Waals surface area contributed by atoms with Crippen LogP contribution in [-0.2, 0) is 0 Å². The summed E-state index contributed by atoms with van der Waals surface area (Å²) in [5, 5.41) is 10.2.